The zero-order valence-corrected chi connectivity index (χ0v) is 10.4. The minimum atomic E-state index is -0.306. The first-order valence-electron chi connectivity index (χ1n) is 6.45. The van der Waals surface area contributed by atoms with Gasteiger partial charge in [-0.15, -0.1) is 0 Å². The number of carbonyl (C=O) groups is 1. The number of rotatable bonds is 5. The Morgan fingerprint density at radius 2 is 2.06 bits per heavy atom. The Morgan fingerprint density at radius 3 is 2.61 bits per heavy atom. The number of nitrogens with zero attached hydrogens (tertiary/aromatic N) is 1. The van der Waals surface area contributed by atoms with Crippen molar-refractivity contribution < 1.29 is 14.6 Å². The quantitative estimate of drug-likeness (QED) is 0.871. The molecule has 0 unspecified atom stereocenters. The van der Waals surface area contributed by atoms with Crippen LogP contribution in [0.25, 0.3) is 0 Å². The van der Waals surface area contributed by atoms with Crippen molar-refractivity contribution in [3.05, 3.63) is 30.3 Å². The van der Waals surface area contributed by atoms with Crippen molar-refractivity contribution in [1.29, 1.82) is 0 Å². The van der Waals surface area contributed by atoms with E-state index in [9.17, 15) is 4.79 Å². The first kappa shape index (κ1) is 12.9. The van der Waals surface area contributed by atoms with Crippen molar-refractivity contribution in [2.24, 2.45) is 0 Å². The Kier molecular flexibility index (Phi) is 4.59. The van der Waals surface area contributed by atoms with E-state index in [1.165, 1.54) is 6.42 Å². The standard InChI is InChI=1S/C14H19NO3/c16-11-5-10-15(12-6-4-7-12)14(17)18-13-8-2-1-3-9-13/h1-3,8-9,12,16H,4-7,10-11H2. The number of amides is 1. The molecule has 1 N–H and O–H groups in total. The molecule has 1 aliphatic rings. The third-order valence-electron chi connectivity index (χ3n) is 3.26. The van der Waals surface area contributed by atoms with Crippen molar-refractivity contribution in [2.75, 3.05) is 13.2 Å². The summed E-state index contributed by atoms with van der Waals surface area (Å²) >= 11 is 0. The molecule has 0 radical (unpaired) electrons. The number of hydrogen-bond donors (Lipinski definition) is 1. The molecule has 0 aliphatic heterocycles. The molecular weight excluding hydrogens is 230 g/mol. The molecule has 1 aromatic rings. The van der Waals surface area contributed by atoms with Crippen LogP contribution in [0.1, 0.15) is 25.7 Å². The van der Waals surface area contributed by atoms with Crippen molar-refractivity contribution in [3.63, 3.8) is 0 Å². The summed E-state index contributed by atoms with van der Waals surface area (Å²) in [7, 11) is 0. The Balaban J connectivity index is 1.94. The highest BCUT2D eigenvalue weighted by Gasteiger charge is 2.29. The van der Waals surface area contributed by atoms with E-state index in [0.717, 1.165) is 12.8 Å². The lowest BCUT2D eigenvalue weighted by Gasteiger charge is -2.36. The molecule has 1 aliphatic carbocycles. The molecule has 0 aromatic heterocycles. The van der Waals surface area contributed by atoms with Gasteiger partial charge in [-0.05, 0) is 37.8 Å². The molecule has 1 aromatic carbocycles. The van der Waals surface area contributed by atoms with E-state index >= 15 is 0 Å². The van der Waals surface area contributed by atoms with Crippen LogP contribution in [0, 0.1) is 0 Å². The smallest absolute Gasteiger partial charge is 0.410 e. The van der Waals surface area contributed by atoms with Gasteiger partial charge in [0.05, 0.1) is 0 Å². The fourth-order valence-electron chi connectivity index (χ4n) is 2.01. The maximum Gasteiger partial charge on any atom is 0.415 e. The van der Waals surface area contributed by atoms with Crippen LogP contribution in [0.3, 0.4) is 0 Å². The summed E-state index contributed by atoms with van der Waals surface area (Å²) in [6.07, 6.45) is 3.53. The molecule has 1 amide bonds. The van der Waals surface area contributed by atoms with Crippen LogP contribution in [-0.4, -0.2) is 35.3 Å². The van der Waals surface area contributed by atoms with Gasteiger partial charge in [0.15, 0.2) is 0 Å². The minimum absolute atomic E-state index is 0.0990. The maximum atomic E-state index is 12.1. The number of para-hydroxylation sites is 1. The highest BCUT2D eigenvalue weighted by atomic mass is 16.6. The average molecular weight is 249 g/mol. The van der Waals surface area contributed by atoms with Crippen LogP contribution in [0.2, 0.25) is 0 Å². The van der Waals surface area contributed by atoms with Gasteiger partial charge in [-0.2, -0.15) is 0 Å². The van der Waals surface area contributed by atoms with Crippen LogP contribution in [0.5, 0.6) is 5.75 Å². The maximum absolute atomic E-state index is 12.1. The van der Waals surface area contributed by atoms with Gasteiger partial charge in [0.25, 0.3) is 0 Å². The average Bonchev–Trinajstić information content (AvgIpc) is 2.33. The van der Waals surface area contributed by atoms with Crippen LogP contribution < -0.4 is 4.74 Å². The molecule has 0 atom stereocenters. The van der Waals surface area contributed by atoms with Crippen molar-refractivity contribution >= 4 is 6.09 Å². The number of carbonyl (C=O) groups excluding carboxylic acids is 1. The lowest BCUT2D eigenvalue weighted by Crippen LogP contribution is -2.46. The minimum Gasteiger partial charge on any atom is -0.410 e. The second-order valence-electron chi connectivity index (χ2n) is 4.54. The molecule has 0 spiro atoms. The molecule has 98 valence electrons. The molecule has 0 bridgehead atoms. The van der Waals surface area contributed by atoms with Gasteiger partial charge in [-0.3, -0.25) is 0 Å². The highest BCUT2D eigenvalue weighted by Crippen LogP contribution is 2.26. The third-order valence-corrected chi connectivity index (χ3v) is 3.26. The molecule has 4 heteroatoms. The molecule has 1 fully saturated rings. The zero-order valence-electron chi connectivity index (χ0n) is 10.4. The van der Waals surface area contributed by atoms with E-state index in [0.29, 0.717) is 18.7 Å². The predicted octanol–water partition coefficient (Wildman–Crippen LogP) is 2.42. The summed E-state index contributed by atoms with van der Waals surface area (Å²) in [5.74, 6) is 0.566. The molecule has 2 rings (SSSR count). The lowest BCUT2D eigenvalue weighted by molar-refractivity contribution is 0.0982. The van der Waals surface area contributed by atoms with Gasteiger partial charge >= 0.3 is 6.09 Å². The molecule has 4 nitrogen and oxygen atoms in total. The summed E-state index contributed by atoms with van der Waals surface area (Å²) in [6.45, 7) is 0.661. The fraction of sp³-hybridized carbons (Fsp3) is 0.500. The first-order chi connectivity index (χ1) is 8.81. The van der Waals surface area contributed by atoms with Crippen molar-refractivity contribution in [2.45, 2.75) is 31.7 Å². The second kappa shape index (κ2) is 6.40. The van der Waals surface area contributed by atoms with Gasteiger partial charge in [-0.1, -0.05) is 18.2 Å². The van der Waals surface area contributed by atoms with Gasteiger partial charge in [0.1, 0.15) is 5.75 Å². The summed E-state index contributed by atoms with van der Waals surface area (Å²) in [5.41, 5.74) is 0. The van der Waals surface area contributed by atoms with Crippen molar-refractivity contribution in [1.82, 2.24) is 4.90 Å². The van der Waals surface area contributed by atoms with Gasteiger partial charge in [-0.25, -0.2) is 4.79 Å². The fourth-order valence-corrected chi connectivity index (χ4v) is 2.01. The lowest BCUT2D eigenvalue weighted by atomic mass is 9.91. The molecule has 0 saturated heterocycles. The highest BCUT2D eigenvalue weighted by molar-refractivity contribution is 5.71. The van der Waals surface area contributed by atoms with E-state index < -0.39 is 0 Å². The van der Waals surface area contributed by atoms with Crippen LogP contribution in [0.4, 0.5) is 4.79 Å². The van der Waals surface area contributed by atoms with Gasteiger partial charge in [0, 0.05) is 19.2 Å². The third kappa shape index (κ3) is 3.23. The SMILES string of the molecule is O=C(Oc1ccccc1)N(CCCO)C1CCC1. The van der Waals surface area contributed by atoms with E-state index in [1.54, 1.807) is 17.0 Å². The number of benzene rings is 1. The number of aliphatic hydroxyl groups is 1. The monoisotopic (exact) mass is 249 g/mol. The van der Waals surface area contributed by atoms with Gasteiger partial charge < -0.3 is 14.7 Å². The van der Waals surface area contributed by atoms with Crippen LogP contribution in [-0.2, 0) is 0 Å². The summed E-state index contributed by atoms with van der Waals surface area (Å²) in [4.78, 5) is 13.8. The Labute approximate surface area is 107 Å². The Bertz CT molecular complexity index is 376. The van der Waals surface area contributed by atoms with E-state index in [2.05, 4.69) is 0 Å². The number of hydrogen-bond acceptors (Lipinski definition) is 3. The summed E-state index contributed by atoms with van der Waals surface area (Å²) < 4.78 is 5.34. The Hall–Kier alpha value is -1.55. The molecule has 1 saturated carbocycles. The topological polar surface area (TPSA) is 49.8 Å². The largest absolute Gasteiger partial charge is 0.415 e. The van der Waals surface area contributed by atoms with E-state index in [1.807, 2.05) is 18.2 Å². The van der Waals surface area contributed by atoms with Gasteiger partial charge in [0.2, 0.25) is 0 Å². The molecular formula is C14H19NO3. The zero-order chi connectivity index (χ0) is 12.8. The first-order valence-corrected chi connectivity index (χ1v) is 6.45. The number of ether oxygens (including phenoxy) is 1. The molecule has 0 heterocycles. The van der Waals surface area contributed by atoms with E-state index in [-0.39, 0.29) is 18.7 Å². The predicted molar refractivity (Wildman–Crippen MR) is 68.5 cm³/mol. The van der Waals surface area contributed by atoms with Crippen LogP contribution in [0.15, 0.2) is 30.3 Å². The number of aliphatic hydroxyl groups excluding tert-OH is 1. The van der Waals surface area contributed by atoms with E-state index in [4.69, 9.17) is 9.84 Å². The summed E-state index contributed by atoms with van der Waals surface area (Å²) in [5, 5.41) is 8.88. The van der Waals surface area contributed by atoms with Crippen LogP contribution >= 0.6 is 0 Å². The second-order valence-corrected chi connectivity index (χ2v) is 4.54. The molecule has 18 heavy (non-hydrogen) atoms. The Morgan fingerprint density at radius 1 is 1.33 bits per heavy atom. The van der Waals surface area contributed by atoms with Crippen molar-refractivity contribution in [3.8, 4) is 5.75 Å². The summed E-state index contributed by atoms with van der Waals surface area (Å²) in [6, 6.07) is 9.37. The normalized spacial score (nSPS) is 14.9.